The van der Waals surface area contributed by atoms with Gasteiger partial charge in [0.1, 0.15) is 61.3 Å². The van der Waals surface area contributed by atoms with Gasteiger partial charge in [0.25, 0.3) is 11.8 Å². The highest BCUT2D eigenvalue weighted by Gasteiger charge is 2.69. The molecule has 0 aromatic carbocycles. The molecule has 208 valence electrons. The van der Waals surface area contributed by atoms with Crippen LogP contribution in [-0.4, -0.2) is 141 Å². The van der Waals surface area contributed by atoms with Crippen molar-refractivity contribution in [2.24, 2.45) is 15.0 Å². The number of aliphatic hydroxyl groups is 6. The molecule has 0 bridgehead atoms. The Labute approximate surface area is 217 Å². The second-order valence-corrected chi connectivity index (χ2v) is 9.08. The molecule has 19 heteroatoms. The van der Waals surface area contributed by atoms with Gasteiger partial charge in [0.05, 0.1) is 13.2 Å². The van der Waals surface area contributed by atoms with Gasteiger partial charge < -0.3 is 45.8 Å². The van der Waals surface area contributed by atoms with E-state index >= 15 is 0 Å². The first kappa shape index (κ1) is 25.7. The first-order valence-electron chi connectivity index (χ1n) is 11.6. The second-order valence-electron chi connectivity index (χ2n) is 9.08. The summed E-state index contributed by atoms with van der Waals surface area (Å²) in [6.45, 7) is -1.85. The number of nitrogens with two attached hydrogens (primary N) is 1. The summed E-state index contributed by atoms with van der Waals surface area (Å²) in [7, 11) is 0. The second kappa shape index (κ2) is 9.01. The number of rotatable bonds is 6. The average Bonchev–Trinajstić information content (AvgIpc) is 3.68. The summed E-state index contributed by atoms with van der Waals surface area (Å²) in [5, 5.41) is 72.1. The Morgan fingerprint density at radius 3 is 2.36 bits per heavy atom. The van der Waals surface area contributed by atoms with Crippen LogP contribution in [0.3, 0.4) is 0 Å². The van der Waals surface area contributed by atoms with Gasteiger partial charge in [-0.1, -0.05) is 0 Å². The Balaban J connectivity index is 1.55. The maximum absolute atomic E-state index is 11.4. The lowest BCUT2D eigenvalue weighted by molar-refractivity contribution is -0.442. The van der Waals surface area contributed by atoms with Crippen molar-refractivity contribution in [3.05, 3.63) is 12.7 Å². The number of hydrogen-bond acceptors (Lipinski definition) is 17. The van der Waals surface area contributed by atoms with Crippen LogP contribution < -0.4 is 5.73 Å². The molecule has 0 amide bonds. The number of fused-ring (bicyclic) bond motifs is 2. The van der Waals surface area contributed by atoms with Gasteiger partial charge in [-0.2, -0.15) is 0 Å². The van der Waals surface area contributed by atoms with E-state index in [-0.39, 0.29) is 41.0 Å². The van der Waals surface area contributed by atoms with E-state index in [1.54, 1.807) is 0 Å². The molecule has 2 aromatic heterocycles. The fourth-order valence-corrected chi connectivity index (χ4v) is 4.99. The molecular formula is C20H24N10O9. The molecule has 9 N–H and O–H groups in total. The minimum atomic E-state index is -2.55. The Hall–Kier alpha value is -3.53. The van der Waals surface area contributed by atoms with Crippen molar-refractivity contribution in [1.29, 1.82) is 5.41 Å². The maximum atomic E-state index is 11.4. The van der Waals surface area contributed by atoms with Crippen LogP contribution in [0.25, 0.3) is 11.2 Å². The molecular weight excluding hydrogens is 524 g/mol. The van der Waals surface area contributed by atoms with E-state index in [1.807, 2.05) is 0 Å². The summed E-state index contributed by atoms with van der Waals surface area (Å²) in [4.78, 5) is 25.4. The molecule has 6 rings (SSSR count). The van der Waals surface area contributed by atoms with Gasteiger partial charge in [-0.25, -0.2) is 24.9 Å². The maximum Gasteiger partial charge on any atom is 0.292 e. The molecule has 0 aliphatic carbocycles. The molecule has 19 nitrogen and oxygen atoms in total. The zero-order valence-electron chi connectivity index (χ0n) is 19.9. The summed E-state index contributed by atoms with van der Waals surface area (Å²) in [6.07, 6.45) is -6.97. The zero-order valence-corrected chi connectivity index (χ0v) is 19.9. The zero-order chi connectivity index (χ0) is 27.7. The molecule has 6 heterocycles. The Morgan fingerprint density at radius 2 is 1.69 bits per heavy atom. The molecule has 2 saturated heterocycles. The smallest absolute Gasteiger partial charge is 0.292 e. The van der Waals surface area contributed by atoms with Gasteiger partial charge in [-0.15, -0.1) is 0 Å². The molecule has 0 radical (unpaired) electrons. The number of imidazole rings is 1. The Kier molecular flexibility index (Phi) is 5.94. The number of hydrogen-bond donors (Lipinski definition) is 8. The van der Waals surface area contributed by atoms with Crippen LogP contribution in [0.2, 0.25) is 0 Å². The summed E-state index contributed by atoms with van der Waals surface area (Å²) < 4.78 is 19.2. The number of ether oxygens (including phenoxy) is 3. The van der Waals surface area contributed by atoms with E-state index in [0.717, 1.165) is 28.5 Å². The molecule has 8 atom stereocenters. The van der Waals surface area contributed by atoms with Crippen molar-refractivity contribution in [1.82, 2.24) is 24.4 Å². The standard InChI is InChI=1S/C20H24N10O9/c21-15-9-17(25-3-23-15)29(5-27-9)19(13(35)11(33)7(1-31)37-19)39-20(14(36)12(34)8(2-32)38-20)30-6-28-10-16(22)24-4-26-18(10)30/h3-5,7-8,11-14,22,31-36H,1-2,6H2,(H2,21,23,25)/t7-,8-,11-,12-,13-,14-,19+,20+/m1/s1. The number of aromatic nitrogens is 4. The fraction of sp³-hybridized carbons (Fsp3) is 0.550. The van der Waals surface area contributed by atoms with E-state index in [9.17, 15) is 30.6 Å². The predicted molar refractivity (Wildman–Crippen MR) is 127 cm³/mol. The van der Waals surface area contributed by atoms with Gasteiger partial charge >= 0.3 is 0 Å². The lowest BCUT2D eigenvalue weighted by Gasteiger charge is -2.46. The van der Waals surface area contributed by atoms with Crippen LogP contribution in [0, 0.1) is 5.41 Å². The van der Waals surface area contributed by atoms with E-state index in [4.69, 9.17) is 25.4 Å². The third-order valence-electron chi connectivity index (χ3n) is 6.95. The van der Waals surface area contributed by atoms with Crippen LogP contribution in [0.1, 0.15) is 0 Å². The van der Waals surface area contributed by atoms with E-state index in [1.165, 1.54) is 0 Å². The highest BCUT2D eigenvalue weighted by atomic mass is 16.8. The van der Waals surface area contributed by atoms with Crippen molar-refractivity contribution in [3.63, 3.8) is 0 Å². The largest absolute Gasteiger partial charge is 0.394 e. The summed E-state index contributed by atoms with van der Waals surface area (Å²) in [6, 6.07) is 0. The third kappa shape index (κ3) is 3.46. The number of nitrogens with zero attached hydrogens (tertiary/aromatic N) is 8. The molecule has 0 saturated carbocycles. The summed E-state index contributed by atoms with van der Waals surface area (Å²) in [5.74, 6) is -5.39. The van der Waals surface area contributed by atoms with Crippen LogP contribution in [0.5, 0.6) is 0 Å². The number of nitrogen functional groups attached to an aromatic ring is 1. The van der Waals surface area contributed by atoms with Crippen LogP contribution >= 0.6 is 0 Å². The number of aliphatic imine (C=N–C) groups is 3. The van der Waals surface area contributed by atoms with Gasteiger partial charge in [-0.3, -0.25) is 24.6 Å². The number of amidine groups is 2. The molecule has 39 heavy (non-hydrogen) atoms. The predicted octanol–water partition coefficient (Wildman–Crippen LogP) is -4.95. The van der Waals surface area contributed by atoms with Crippen molar-refractivity contribution in [2.75, 3.05) is 25.6 Å². The average molecular weight is 548 g/mol. The SMILES string of the molecule is N=C1N=CN=C2C1=NCN2[C@]1(O[C@@]2(n3cnc4c(N)ncnc43)O[C@H](CO)[C@@H](O)[C@H]2O)O[C@H](CO)[C@@H](O)[C@H]1O. The van der Waals surface area contributed by atoms with Gasteiger partial charge in [0.2, 0.25) is 0 Å². The van der Waals surface area contributed by atoms with Gasteiger partial charge in [-0.05, 0) is 0 Å². The highest BCUT2D eigenvalue weighted by molar-refractivity contribution is 6.69. The highest BCUT2D eigenvalue weighted by Crippen LogP contribution is 2.47. The fourth-order valence-electron chi connectivity index (χ4n) is 4.99. The van der Waals surface area contributed by atoms with Gasteiger partial charge in [0, 0.05) is 0 Å². The van der Waals surface area contributed by atoms with Crippen LogP contribution in [0.4, 0.5) is 5.82 Å². The molecule has 4 aliphatic heterocycles. The Morgan fingerprint density at radius 1 is 1.03 bits per heavy atom. The first-order chi connectivity index (χ1) is 18.7. The van der Waals surface area contributed by atoms with Gasteiger partial charge in [0.15, 0.2) is 35.3 Å². The van der Waals surface area contributed by atoms with Crippen molar-refractivity contribution < 1.29 is 44.8 Å². The van der Waals surface area contributed by atoms with E-state index in [0.29, 0.717) is 0 Å². The van der Waals surface area contributed by atoms with Crippen LogP contribution in [-0.2, 0) is 20.1 Å². The quantitative estimate of drug-likeness (QED) is 0.168. The lowest BCUT2D eigenvalue weighted by Crippen LogP contribution is -2.66. The number of anilines is 1. The van der Waals surface area contributed by atoms with E-state index < -0.39 is 61.7 Å². The van der Waals surface area contributed by atoms with Crippen LogP contribution in [0.15, 0.2) is 27.6 Å². The monoisotopic (exact) mass is 548 g/mol. The topological polar surface area (TPSA) is 283 Å². The van der Waals surface area contributed by atoms with E-state index in [2.05, 4.69) is 29.9 Å². The van der Waals surface area contributed by atoms with Crippen molar-refractivity contribution in [3.8, 4) is 0 Å². The minimum absolute atomic E-state index is 0.0158. The molecule has 0 spiro atoms. The molecule has 4 aliphatic rings. The summed E-state index contributed by atoms with van der Waals surface area (Å²) >= 11 is 0. The molecule has 2 fully saturated rings. The van der Waals surface area contributed by atoms with Crippen molar-refractivity contribution in [2.45, 2.75) is 48.4 Å². The molecule has 2 aromatic rings. The molecule has 0 unspecified atom stereocenters. The Bertz CT molecular complexity index is 1420. The summed E-state index contributed by atoms with van der Waals surface area (Å²) in [5.41, 5.74) is 5.98. The lowest BCUT2D eigenvalue weighted by atomic mass is 10.1. The first-order valence-corrected chi connectivity index (χ1v) is 11.6. The minimum Gasteiger partial charge on any atom is -0.394 e. The normalized spacial score (nSPS) is 38.0. The number of aliphatic hydroxyl groups excluding tert-OH is 6. The third-order valence-corrected chi connectivity index (χ3v) is 6.95. The number of nitrogens with one attached hydrogen (secondary N) is 1. The van der Waals surface area contributed by atoms with Crippen molar-refractivity contribution >= 4 is 40.7 Å².